The monoisotopic (exact) mass is 242 g/mol. The Bertz CT molecular complexity index is 467. The Morgan fingerprint density at radius 1 is 1.17 bits per heavy atom. The molecule has 0 amide bonds. The van der Waals surface area contributed by atoms with E-state index in [1.54, 1.807) is 6.20 Å². The summed E-state index contributed by atoms with van der Waals surface area (Å²) in [5, 5.41) is 0. The van der Waals surface area contributed by atoms with Gasteiger partial charge >= 0.3 is 0 Å². The van der Waals surface area contributed by atoms with Crippen molar-refractivity contribution in [3.63, 3.8) is 0 Å². The minimum atomic E-state index is 0.712. The van der Waals surface area contributed by atoms with Crippen molar-refractivity contribution in [2.75, 3.05) is 19.3 Å². The Hall–Kier alpha value is -1.94. The average Bonchev–Trinajstić information content (AvgIpc) is 2.39. The highest BCUT2D eigenvalue weighted by Crippen LogP contribution is 2.05. The molecule has 0 aromatic carbocycles. The first-order chi connectivity index (χ1) is 8.74. The Balaban J connectivity index is 1.81. The molecule has 4 heteroatoms. The first-order valence-corrected chi connectivity index (χ1v) is 6.02. The van der Waals surface area contributed by atoms with Gasteiger partial charge in [-0.15, -0.1) is 0 Å². The van der Waals surface area contributed by atoms with Gasteiger partial charge in [0, 0.05) is 37.6 Å². The molecular formula is C14H18N4. The minimum absolute atomic E-state index is 0.712. The summed E-state index contributed by atoms with van der Waals surface area (Å²) in [6, 6.07) is 7.96. The maximum atomic E-state index is 5.61. The van der Waals surface area contributed by atoms with E-state index in [1.165, 1.54) is 5.56 Å². The molecule has 18 heavy (non-hydrogen) atoms. The van der Waals surface area contributed by atoms with Gasteiger partial charge in [-0.05, 0) is 36.9 Å². The van der Waals surface area contributed by atoms with Crippen LogP contribution in [0.1, 0.15) is 11.3 Å². The third-order valence-electron chi connectivity index (χ3n) is 2.80. The number of likely N-dealkylation sites (N-methyl/N-ethyl adjacent to an activating group) is 1. The summed E-state index contributed by atoms with van der Waals surface area (Å²) in [5.41, 5.74) is 8.67. The van der Waals surface area contributed by atoms with Gasteiger partial charge in [-0.25, -0.2) is 0 Å². The molecule has 0 saturated heterocycles. The SMILES string of the molecule is CN(CCc1ccc(N)cn1)Cc1ccncc1. The molecule has 0 atom stereocenters. The molecule has 0 spiro atoms. The van der Waals surface area contributed by atoms with Gasteiger partial charge < -0.3 is 10.6 Å². The summed E-state index contributed by atoms with van der Waals surface area (Å²) in [7, 11) is 2.11. The molecule has 0 aliphatic heterocycles. The molecule has 2 N–H and O–H groups in total. The molecule has 2 aromatic heterocycles. The standard InChI is InChI=1S/C14H18N4/c1-18(11-12-4-7-16-8-5-12)9-6-14-3-2-13(15)10-17-14/h2-5,7-8,10H,6,9,11,15H2,1H3. The van der Waals surface area contributed by atoms with Crippen LogP contribution < -0.4 is 5.73 Å². The molecular weight excluding hydrogens is 224 g/mol. The summed E-state index contributed by atoms with van der Waals surface area (Å²) < 4.78 is 0. The fraction of sp³-hybridized carbons (Fsp3) is 0.286. The highest BCUT2D eigenvalue weighted by molar-refractivity contribution is 5.34. The van der Waals surface area contributed by atoms with Gasteiger partial charge in [-0.3, -0.25) is 9.97 Å². The smallest absolute Gasteiger partial charge is 0.0501 e. The van der Waals surface area contributed by atoms with E-state index in [1.807, 2.05) is 36.7 Å². The lowest BCUT2D eigenvalue weighted by Gasteiger charge is -2.16. The zero-order valence-corrected chi connectivity index (χ0v) is 10.6. The molecule has 0 unspecified atom stereocenters. The van der Waals surface area contributed by atoms with Crippen molar-refractivity contribution in [3.8, 4) is 0 Å². The third kappa shape index (κ3) is 3.82. The molecule has 94 valence electrons. The highest BCUT2D eigenvalue weighted by atomic mass is 15.1. The van der Waals surface area contributed by atoms with E-state index in [0.29, 0.717) is 5.69 Å². The number of nitrogens with two attached hydrogens (primary N) is 1. The summed E-state index contributed by atoms with van der Waals surface area (Å²) in [4.78, 5) is 10.6. The lowest BCUT2D eigenvalue weighted by atomic mass is 10.2. The second-order valence-electron chi connectivity index (χ2n) is 4.43. The van der Waals surface area contributed by atoms with Crippen LogP contribution in [0.3, 0.4) is 0 Å². The number of nitrogen functional groups attached to an aromatic ring is 1. The number of anilines is 1. The van der Waals surface area contributed by atoms with Crippen molar-refractivity contribution in [1.29, 1.82) is 0 Å². The molecule has 0 bridgehead atoms. The molecule has 2 rings (SSSR count). The van der Waals surface area contributed by atoms with E-state index in [9.17, 15) is 0 Å². The Morgan fingerprint density at radius 2 is 1.94 bits per heavy atom. The van der Waals surface area contributed by atoms with Crippen molar-refractivity contribution >= 4 is 5.69 Å². The summed E-state index contributed by atoms with van der Waals surface area (Å²) in [6.45, 7) is 1.90. The van der Waals surface area contributed by atoms with Crippen LogP contribution in [0.25, 0.3) is 0 Å². The van der Waals surface area contributed by atoms with Crippen LogP contribution in [-0.2, 0) is 13.0 Å². The van der Waals surface area contributed by atoms with Crippen LogP contribution in [0, 0.1) is 0 Å². The maximum absolute atomic E-state index is 5.61. The Labute approximate surface area is 107 Å². The fourth-order valence-electron chi connectivity index (χ4n) is 1.77. The first-order valence-electron chi connectivity index (χ1n) is 6.02. The summed E-state index contributed by atoms with van der Waals surface area (Å²) in [5.74, 6) is 0. The van der Waals surface area contributed by atoms with E-state index in [4.69, 9.17) is 5.73 Å². The predicted octanol–water partition coefficient (Wildman–Crippen LogP) is 1.73. The summed E-state index contributed by atoms with van der Waals surface area (Å²) in [6.07, 6.45) is 6.29. The maximum Gasteiger partial charge on any atom is 0.0501 e. The number of hydrogen-bond acceptors (Lipinski definition) is 4. The van der Waals surface area contributed by atoms with E-state index < -0.39 is 0 Å². The lowest BCUT2D eigenvalue weighted by molar-refractivity contribution is 0.330. The van der Waals surface area contributed by atoms with Crippen LogP contribution >= 0.6 is 0 Å². The zero-order valence-electron chi connectivity index (χ0n) is 10.6. The second-order valence-corrected chi connectivity index (χ2v) is 4.43. The van der Waals surface area contributed by atoms with Gasteiger partial charge in [0.15, 0.2) is 0 Å². The lowest BCUT2D eigenvalue weighted by Crippen LogP contribution is -2.21. The van der Waals surface area contributed by atoms with Crippen molar-refractivity contribution in [3.05, 3.63) is 54.1 Å². The van der Waals surface area contributed by atoms with Crippen LogP contribution in [0.4, 0.5) is 5.69 Å². The van der Waals surface area contributed by atoms with E-state index in [2.05, 4.69) is 21.9 Å². The van der Waals surface area contributed by atoms with Crippen molar-refractivity contribution < 1.29 is 0 Å². The molecule has 0 radical (unpaired) electrons. The average molecular weight is 242 g/mol. The van der Waals surface area contributed by atoms with Crippen LogP contribution in [0.15, 0.2) is 42.9 Å². The van der Waals surface area contributed by atoms with Gasteiger partial charge in [0.2, 0.25) is 0 Å². The van der Waals surface area contributed by atoms with Crippen LogP contribution in [-0.4, -0.2) is 28.5 Å². The molecule has 0 fully saturated rings. The number of aromatic nitrogens is 2. The Kier molecular flexibility index (Phi) is 4.25. The number of hydrogen-bond donors (Lipinski definition) is 1. The van der Waals surface area contributed by atoms with Crippen LogP contribution in [0.2, 0.25) is 0 Å². The first kappa shape index (κ1) is 12.5. The van der Waals surface area contributed by atoms with E-state index >= 15 is 0 Å². The largest absolute Gasteiger partial charge is 0.397 e. The van der Waals surface area contributed by atoms with E-state index in [0.717, 1.165) is 25.2 Å². The second kappa shape index (κ2) is 6.12. The van der Waals surface area contributed by atoms with Crippen molar-refractivity contribution in [2.45, 2.75) is 13.0 Å². The molecule has 4 nitrogen and oxygen atoms in total. The number of nitrogens with zero attached hydrogens (tertiary/aromatic N) is 3. The normalized spacial score (nSPS) is 10.8. The third-order valence-corrected chi connectivity index (χ3v) is 2.80. The minimum Gasteiger partial charge on any atom is -0.397 e. The molecule has 2 heterocycles. The number of pyridine rings is 2. The molecule has 0 saturated carbocycles. The number of rotatable bonds is 5. The van der Waals surface area contributed by atoms with Crippen molar-refractivity contribution in [2.24, 2.45) is 0 Å². The molecule has 0 aliphatic rings. The predicted molar refractivity (Wildman–Crippen MR) is 72.9 cm³/mol. The fourth-order valence-corrected chi connectivity index (χ4v) is 1.77. The van der Waals surface area contributed by atoms with Crippen LogP contribution in [0.5, 0.6) is 0 Å². The van der Waals surface area contributed by atoms with Gasteiger partial charge in [-0.2, -0.15) is 0 Å². The topological polar surface area (TPSA) is 55.0 Å². The van der Waals surface area contributed by atoms with E-state index in [-0.39, 0.29) is 0 Å². The zero-order chi connectivity index (χ0) is 12.8. The summed E-state index contributed by atoms with van der Waals surface area (Å²) >= 11 is 0. The Morgan fingerprint density at radius 3 is 2.61 bits per heavy atom. The quantitative estimate of drug-likeness (QED) is 0.867. The van der Waals surface area contributed by atoms with Crippen molar-refractivity contribution in [1.82, 2.24) is 14.9 Å². The van der Waals surface area contributed by atoms with Gasteiger partial charge in [0.05, 0.1) is 11.9 Å². The highest BCUT2D eigenvalue weighted by Gasteiger charge is 2.01. The van der Waals surface area contributed by atoms with Gasteiger partial charge in [0.1, 0.15) is 0 Å². The van der Waals surface area contributed by atoms with Gasteiger partial charge in [-0.1, -0.05) is 0 Å². The van der Waals surface area contributed by atoms with Gasteiger partial charge in [0.25, 0.3) is 0 Å². The molecule has 2 aromatic rings. The molecule has 0 aliphatic carbocycles.